The van der Waals surface area contributed by atoms with Gasteiger partial charge in [0.25, 0.3) is 0 Å². The number of carbonyl (C=O) groups is 1. The van der Waals surface area contributed by atoms with Crippen molar-refractivity contribution in [2.24, 2.45) is 5.73 Å². The number of carbonyl (C=O) groups excluding carboxylic acids is 1. The van der Waals surface area contributed by atoms with Gasteiger partial charge in [0.1, 0.15) is 0 Å². The number of ketones is 1. The van der Waals surface area contributed by atoms with Gasteiger partial charge in [-0.3, -0.25) is 4.79 Å². The molecule has 0 aliphatic carbocycles. The lowest BCUT2D eigenvalue weighted by Crippen LogP contribution is -2.30. The molecule has 0 bridgehead atoms. The van der Waals surface area contributed by atoms with Gasteiger partial charge in [-0.05, 0) is 25.8 Å². The summed E-state index contributed by atoms with van der Waals surface area (Å²) in [6.07, 6.45) is 9.28. The number of hydrogen-bond donors (Lipinski definition) is 1. The van der Waals surface area contributed by atoms with E-state index in [1.54, 1.807) is 0 Å². The van der Waals surface area contributed by atoms with E-state index in [0.717, 1.165) is 24.0 Å². The molecule has 0 heterocycles. The average molecular weight is 289 g/mol. The van der Waals surface area contributed by atoms with Crippen LogP contribution in [0.4, 0.5) is 0 Å². The minimum atomic E-state index is -0.466. The third-order valence-electron chi connectivity index (χ3n) is 3.93. The van der Waals surface area contributed by atoms with E-state index in [1.807, 2.05) is 38.1 Å². The topological polar surface area (TPSA) is 43.1 Å². The van der Waals surface area contributed by atoms with Gasteiger partial charge in [0.05, 0.1) is 0 Å². The third kappa shape index (κ3) is 6.43. The van der Waals surface area contributed by atoms with Crippen molar-refractivity contribution in [2.45, 2.75) is 77.7 Å². The molecule has 0 aliphatic rings. The van der Waals surface area contributed by atoms with Gasteiger partial charge < -0.3 is 5.73 Å². The molecule has 0 amide bonds. The van der Waals surface area contributed by atoms with Crippen LogP contribution in [0.25, 0.3) is 0 Å². The Morgan fingerprint density at radius 3 is 2.19 bits per heavy atom. The normalized spacial score (nSPS) is 11.6. The van der Waals surface area contributed by atoms with Crippen molar-refractivity contribution in [1.82, 2.24) is 0 Å². The molecule has 1 aromatic rings. The number of unbranched alkanes of at least 4 members (excludes halogenated alkanes) is 6. The molecule has 0 saturated heterocycles. The molecule has 21 heavy (non-hydrogen) atoms. The van der Waals surface area contributed by atoms with E-state index < -0.39 is 5.54 Å². The van der Waals surface area contributed by atoms with Gasteiger partial charge in [-0.25, -0.2) is 0 Å². The first-order valence-electron chi connectivity index (χ1n) is 8.38. The van der Waals surface area contributed by atoms with Crippen molar-refractivity contribution in [3.63, 3.8) is 0 Å². The average Bonchev–Trinajstić information content (AvgIpc) is 2.45. The summed E-state index contributed by atoms with van der Waals surface area (Å²) in [4.78, 5) is 12.4. The first-order valence-corrected chi connectivity index (χ1v) is 8.38. The summed E-state index contributed by atoms with van der Waals surface area (Å²) in [7, 11) is 0. The molecule has 0 aliphatic heterocycles. The van der Waals surface area contributed by atoms with Crippen LogP contribution < -0.4 is 5.73 Å². The Labute approximate surface area is 130 Å². The molecule has 1 aromatic carbocycles. The fourth-order valence-electron chi connectivity index (χ4n) is 2.67. The second-order valence-corrected chi connectivity index (χ2v) is 6.56. The zero-order valence-corrected chi connectivity index (χ0v) is 14.0. The van der Waals surface area contributed by atoms with E-state index in [4.69, 9.17) is 5.73 Å². The standard InChI is InChI=1S/C19H31NO/c1-4-5-6-7-8-9-10-15-18(21)16-13-11-12-14-17(16)19(2,3)20/h11-14H,4-10,15,20H2,1-3H3. The summed E-state index contributed by atoms with van der Waals surface area (Å²) in [5.41, 5.74) is 7.46. The number of rotatable bonds is 10. The van der Waals surface area contributed by atoms with E-state index in [1.165, 1.54) is 32.1 Å². The maximum atomic E-state index is 12.4. The third-order valence-corrected chi connectivity index (χ3v) is 3.93. The second kappa shape index (κ2) is 8.99. The summed E-state index contributed by atoms with van der Waals surface area (Å²) >= 11 is 0. The van der Waals surface area contributed by atoms with Gasteiger partial charge in [-0.2, -0.15) is 0 Å². The number of nitrogens with two attached hydrogens (primary N) is 1. The van der Waals surface area contributed by atoms with E-state index in [2.05, 4.69) is 6.92 Å². The summed E-state index contributed by atoms with van der Waals surface area (Å²) in [5.74, 6) is 0.234. The lowest BCUT2D eigenvalue weighted by Gasteiger charge is -2.22. The van der Waals surface area contributed by atoms with Crippen LogP contribution in [-0.2, 0) is 5.54 Å². The fraction of sp³-hybridized carbons (Fsp3) is 0.632. The Balaban J connectivity index is 2.43. The maximum Gasteiger partial charge on any atom is 0.163 e. The van der Waals surface area contributed by atoms with Gasteiger partial charge in [0.2, 0.25) is 0 Å². The van der Waals surface area contributed by atoms with E-state index >= 15 is 0 Å². The van der Waals surface area contributed by atoms with Crippen LogP contribution in [0.3, 0.4) is 0 Å². The summed E-state index contributed by atoms with van der Waals surface area (Å²) in [6.45, 7) is 6.13. The maximum absolute atomic E-state index is 12.4. The Bertz CT molecular complexity index is 431. The van der Waals surface area contributed by atoms with Gasteiger partial charge >= 0.3 is 0 Å². The molecule has 0 unspecified atom stereocenters. The quantitative estimate of drug-likeness (QED) is 0.475. The summed E-state index contributed by atoms with van der Waals surface area (Å²) in [5, 5.41) is 0. The predicted molar refractivity (Wildman–Crippen MR) is 90.6 cm³/mol. The highest BCUT2D eigenvalue weighted by molar-refractivity contribution is 5.97. The fourth-order valence-corrected chi connectivity index (χ4v) is 2.67. The van der Waals surface area contributed by atoms with Crippen LogP contribution in [0.15, 0.2) is 24.3 Å². The van der Waals surface area contributed by atoms with E-state index in [-0.39, 0.29) is 5.78 Å². The van der Waals surface area contributed by atoms with Crippen molar-refractivity contribution in [2.75, 3.05) is 0 Å². The van der Waals surface area contributed by atoms with Gasteiger partial charge in [0.15, 0.2) is 5.78 Å². The summed E-state index contributed by atoms with van der Waals surface area (Å²) < 4.78 is 0. The largest absolute Gasteiger partial charge is 0.322 e. The van der Waals surface area contributed by atoms with Crippen LogP contribution >= 0.6 is 0 Å². The first kappa shape index (κ1) is 17.9. The van der Waals surface area contributed by atoms with Crippen LogP contribution in [0.1, 0.15) is 88.1 Å². The van der Waals surface area contributed by atoms with Crippen LogP contribution in [0, 0.1) is 0 Å². The minimum Gasteiger partial charge on any atom is -0.322 e. The molecule has 0 spiro atoms. The van der Waals surface area contributed by atoms with Crippen LogP contribution in [-0.4, -0.2) is 5.78 Å². The zero-order valence-electron chi connectivity index (χ0n) is 14.0. The highest BCUT2D eigenvalue weighted by Crippen LogP contribution is 2.23. The van der Waals surface area contributed by atoms with Gasteiger partial charge in [-0.1, -0.05) is 69.7 Å². The molecule has 0 atom stereocenters. The van der Waals surface area contributed by atoms with Gasteiger partial charge in [-0.15, -0.1) is 0 Å². The SMILES string of the molecule is CCCCCCCCCC(=O)c1ccccc1C(C)(C)N. The number of benzene rings is 1. The van der Waals surface area contributed by atoms with Crippen LogP contribution in [0.5, 0.6) is 0 Å². The molecular weight excluding hydrogens is 258 g/mol. The monoisotopic (exact) mass is 289 g/mol. The zero-order chi connectivity index (χ0) is 15.7. The molecule has 2 heteroatoms. The number of hydrogen-bond acceptors (Lipinski definition) is 2. The molecule has 1 rings (SSSR count). The Morgan fingerprint density at radius 2 is 1.57 bits per heavy atom. The molecule has 2 N–H and O–H groups in total. The smallest absolute Gasteiger partial charge is 0.163 e. The Kier molecular flexibility index (Phi) is 7.66. The van der Waals surface area contributed by atoms with E-state index in [9.17, 15) is 4.79 Å². The van der Waals surface area contributed by atoms with Crippen molar-refractivity contribution in [1.29, 1.82) is 0 Å². The lowest BCUT2D eigenvalue weighted by atomic mass is 9.88. The summed E-state index contributed by atoms with van der Waals surface area (Å²) in [6, 6.07) is 7.76. The van der Waals surface area contributed by atoms with Gasteiger partial charge in [0, 0.05) is 17.5 Å². The molecule has 0 radical (unpaired) electrons. The lowest BCUT2D eigenvalue weighted by molar-refractivity contribution is 0.0977. The predicted octanol–water partition coefficient (Wildman–Crippen LogP) is 5.20. The molecule has 0 saturated carbocycles. The van der Waals surface area contributed by atoms with Crippen molar-refractivity contribution in [3.05, 3.63) is 35.4 Å². The van der Waals surface area contributed by atoms with Crippen LogP contribution in [0.2, 0.25) is 0 Å². The van der Waals surface area contributed by atoms with Crippen molar-refractivity contribution >= 4 is 5.78 Å². The van der Waals surface area contributed by atoms with E-state index in [0.29, 0.717) is 6.42 Å². The molecule has 2 nitrogen and oxygen atoms in total. The first-order chi connectivity index (χ1) is 9.96. The molecular formula is C19H31NO. The molecule has 118 valence electrons. The van der Waals surface area contributed by atoms with Crippen molar-refractivity contribution < 1.29 is 4.79 Å². The second-order valence-electron chi connectivity index (χ2n) is 6.56. The highest BCUT2D eigenvalue weighted by atomic mass is 16.1. The Morgan fingerprint density at radius 1 is 1.00 bits per heavy atom. The minimum absolute atomic E-state index is 0.234. The number of Topliss-reactive ketones (excluding diaryl/α,β-unsaturated/α-hetero) is 1. The van der Waals surface area contributed by atoms with Crippen molar-refractivity contribution in [3.8, 4) is 0 Å². The molecule has 0 aromatic heterocycles. The highest BCUT2D eigenvalue weighted by Gasteiger charge is 2.20. The Hall–Kier alpha value is -1.15. The molecule has 0 fully saturated rings.